The molecule has 17 heavy (non-hydrogen) atoms. The summed E-state index contributed by atoms with van der Waals surface area (Å²) in [5, 5.41) is 14.9. The second-order valence-corrected chi connectivity index (χ2v) is 5.13. The first kappa shape index (κ1) is 16.4. The standard InChI is InChI=1S/C13H28N2O2/c1-10(2)7-8-14-13(17)12(4)15-11(3)6-5-9-16/h10-12,15-16H,5-9H2,1-4H3,(H,14,17). The summed E-state index contributed by atoms with van der Waals surface area (Å²) in [6.45, 7) is 9.15. The van der Waals surface area contributed by atoms with Gasteiger partial charge in [0, 0.05) is 19.2 Å². The van der Waals surface area contributed by atoms with Gasteiger partial charge in [-0.2, -0.15) is 0 Å². The summed E-state index contributed by atoms with van der Waals surface area (Å²) >= 11 is 0. The van der Waals surface area contributed by atoms with Crippen molar-refractivity contribution in [2.75, 3.05) is 13.2 Å². The molecule has 0 aliphatic carbocycles. The molecular formula is C13H28N2O2. The molecule has 0 aromatic carbocycles. The lowest BCUT2D eigenvalue weighted by Gasteiger charge is -2.19. The molecule has 0 aliphatic rings. The van der Waals surface area contributed by atoms with Crippen molar-refractivity contribution in [1.82, 2.24) is 10.6 Å². The molecule has 3 N–H and O–H groups in total. The lowest BCUT2D eigenvalue weighted by molar-refractivity contribution is -0.122. The van der Waals surface area contributed by atoms with E-state index in [4.69, 9.17) is 5.11 Å². The molecule has 0 rings (SSSR count). The zero-order chi connectivity index (χ0) is 13.3. The van der Waals surface area contributed by atoms with Gasteiger partial charge >= 0.3 is 0 Å². The molecule has 102 valence electrons. The van der Waals surface area contributed by atoms with Crippen LogP contribution in [0.1, 0.15) is 47.0 Å². The third kappa shape index (κ3) is 9.12. The van der Waals surface area contributed by atoms with Crippen molar-refractivity contribution < 1.29 is 9.90 Å². The van der Waals surface area contributed by atoms with Gasteiger partial charge in [0.2, 0.25) is 5.91 Å². The van der Waals surface area contributed by atoms with Crippen molar-refractivity contribution >= 4 is 5.91 Å². The Balaban J connectivity index is 3.73. The van der Waals surface area contributed by atoms with E-state index in [1.54, 1.807) is 0 Å². The van der Waals surface area contributed by atoms with E-state index in [9.17, 15) is 4.79 Å². The third-order valence-electron chi connectivity index (χ3n) is 2.74. The first-order valence-corrected chi connectivity index (χ1v) is 6.62. The van der Waals surface area contributed by atoms with Gasteiger partial charge in [0.1, 0.15) is 0 Å². The molecule has 0 spiro atoms. The molecule has 0 saturated carbocycles. The Labute approximate surface area is 105 Å². The number of hydrogen-bond donors (Lipinski definition) is 3. The molecule has 2 atom stereocenters. The van der Waals surface area contributed by atoms with Gasteiger partial charge in [0.25, 0.3) is 0 Å². The SMILES string of the molecule is CC(C)CCNC(=O)C(C)NC(C)CCCO. The normalized spacial score (nSPS) is 14.7. The van der Waals surface area contributed by atoms with Crippen LogP contribution < -0.4 is 10.6 Å². The highest BCUT2D eigenvalue weighted by Crippen LogP contribution is 1.99. The van der Waals surface area contributed by atoms with Gasteiger partial charge in [0.05, 0.1) is 6.04 Å². The maximum absolute atomic E-state index is 11.7. The van der Waals surface area contributed by atoms with E-state index in [0.717, 1.165) is 25.8 Å². The molecule has 4 heteroatoms. The highest BCUT2D eigenvalue weighted by Gasteiger charge is 2.14. The van der Waals surface area contributed by atoms with Gasteiger partial charge in [-0.3, -0.25) is 4.79 Å². The van der Waals surface area contributed by atoms with Crippen LogP contribution in [0.2, 0.25) is 0 Å². The first-order chi connectivity index (χ1) is 7.97. The zero-order valence-electron chi connectivity index (χ0n) is 11.6. The Bertz CT molecular complexity index is 208. The summed E-state index contributed by atoms with van der Waals surface area (Å²) in [6, 6.07) is 0.0869. The molecule has 0 aliphatic heterocycles. The Hall–Kier alpha value is -0.610. The van der Waals surface area contributed by atoms with Crippen LogP contribution in [-0.4, -0.2) is 36.2 Å². The van der Waals surface area contributed by atoms with E-state index in [-0.39, 0.29) is 24.6 Å². The molecule has 0 bridgehead atoms. The lowest BCUT2D eigenvalue weighted by Crippen LogP contribution is -2.46. The van der Waals surface area contributed by atoms with E-state index >= 15 is 0 Å². The number of hydrogen-bond acceptors (Lipinski definition) is 3. The predicted octanol–water partition coefficient (Wildman–Crippen LogP) is 1.29. The van der Waals surface area contributed by atoms with E-state index in [0.29, 0.717) is 5.92 Å². The van der Waals surface area contributed by atoms with Crippen LogP contribution in [0.3, 0.4) is 0 Å². The molecular weight excluding hydrogens is 216 g/mol. The molecule has 0 saturated heterocycles. The second kappa shape index (κ2) is 9.42. The van der Waals surface area contributed by atoms with Crippen molar-refractivity contribution in [1.29, 1.82) is 0 Å². The highest BCUT2D eigenvalue weighted by atomic mass is 16.2. The summed E-state index contributed by atoms with van der Waals surface area (Å²) in [5.74, 6) is 0.670. The summed E-state index contributed by atoms with van der Waals surface area (Å²) in [6.07, 6.45) is 2.68. The van der Waals surface area contributed by atoms with Gasteiger partial charge in [-0.25, -0.2) is 0 Å². The van der Waals surface area contributed by atoms with Crippen LogP contribution in [0.4, 0.5) is 0 Å². The molecule has 0 fully saturated rings. The fourth-order valence-electron chi connectivity index (χ4n) is 1.62. The van der Waals surface area contributed by atoms with Gasteiger partial charge < -0.3 is 15.7 Å². The minimum atomic E-state index is -0.171. The number of aliphatic hydroxyl groups is 1. The summed E-state index contributed by atoms with van der Waals surface area (Å²) in [7, 11) is 0. The van der Waals surface area contributed by atoms with Crippen molar-refractivity contribution in [3.63, 3.8) is 0 Å². The van der Waals surface area contributed by atoms with Crippen molar-refractivity contribution in [3.05, 3.63) is 0 Å². The topological polar surface area (TPSA) is 61.4 Å². The highest BCUT2D eigenvalue weighted by molar-refractivity contribution is 5.81. The Morgan fingerprint density at radius 2 is 1.82 bits per heavy atom. The number of carbonyl (C=O) groups is 1. The van der Waals surface area contributed by atoms with Crippen molar-refractivity contribution in [2.45, 2.75) is 59.0 Å². The van der Waals surface area contributed by atoms with Gasteiger partial charge in [0.15, 0.2) is 0 Å². The van der Waals surface area contributed by atoms with E-state index in [1.807, 2.05) is 13.8 Å². The molecule has 0 aromatic heterocycles. The van der Waals surface area contributed by atoms with Gasteiger partial charge in [-0.05, 0) is 39.0 Å². The van der Waals surface area contributed by atoms with E-state index in [1.165, 1.54) is 0 Å². The average Bonchev–Trinajstić information content (AvgIpc) is 2.25. The summed E-state index contributed by atoms with van der Waals surface area (Å²) < 4.78 is 0. The third-order valence-corrected chi connectivity index (χ3v) is 2.74. The smallest absolute Gasteiger partial charge is 0.236 e. The summed E-state index contributed by atoms with van der Waals surface area (Å²) in [5.41, 5.74) is 0. The number of rotatable bonds is 9. The molecule has 2 unspecified atom stereocenters. The van der Waals surface area contributed by atoms with Crippen LogP contribution in [0.25, 0.3) is 0 Å². The van der Waals surface area contributed by atoms with Crippen LogP contribution in [-0.2, 0) is 4.79 Å². The van der Waals surface area contributed by atoms with Crippen LogP contribution in [0.5, 0.6) is 0 Å². The molecule has 0 radical (unpaired) electrons. The second-order valence-electron chi connectivity index (χ2n) is 5.13. The number of carbonyl (C=O) groups excluding carboxylic acids is 1. The quantitative estimate of drug-likeness (QED) is 0.573. The van der Waals surface area contributed by atoms with Gasteiger partial charge in [-0.1, -0.05) is 13.8 Å². The molecule has 0 aromatic rings. The number of aliphatic hydroxyl groups excluding tert-OH is 1. The zero-order valence-corrected chi connectivity index (χ0v) is 11.6. The fourth-order valence-corrected chi connectivity index (χ4v) is 1.62. The Morgan fingerprint density at radius 1 is 1.18 bits per heavy atom. The number of nitrogens with one attached hydrogen (secondary N) is 2. The fraction of sp³-hybridized carbons (Fsp3) is 0.923. The molecule has 4 nitrogen and oxygen atoms in total. The predicted molar refractivity (Wildman–Crippen MR) is 70.8 cm³/mol. The summed E-state index contributed by atoms with van der Waals surface area (Å²) in [4.78, 5) is 11.7. The number of amides is 1. The van der Waals surface area contributed by atoms with Crippen LogP contribution in [0.15, 0.2) is 0 Å². The van der Waals surface area contributed by atoms with Crippen LogP contribution in [0, 0.1) is 5.92 Å². The molecule has 1 amide bonds. The van der Waals surface area contributed by atoms with E-state index < -0.39 is 0 Å². The maximum atomic E-state index is 11.7. The Morgan fingerprint density at radius 3 is 2.35 bits per heavy atom. The maximum Gasteiger partial charge on any atom is 0.236 e. The van der Waals surface area contributed by atoms with Crippen molar-refractivity contribution in [2.24, 2.45) is 5.92 Å². The minimum absolute atomic E-state index is 0.0569. The van der Waals surface area contributed by atoms with Gasteiger partial charge in [-0.15, -0.1) is 0 Å². The molecule has 0 heterocycles. The largest absolute Gasteiger partial charge is 0.396 e. The Kier molecular flexibility index (Phi) is 9.09. The van der Waals surface area contributed by atoms with E-state index in [2.05, 4.69) is 24.5 Å². The lowest BCUT2D eigenvalue weighted by atomic mass is 10.1. The van der Waals surface area contributed by atoms with Crippen LogP contribution >= 0.6 is 0 Å². The average molecular weight is 244 g/mol. The minimum Gasteiger partial charge on any atom is -0.396 e. The monoisotopic (exact) mass is 244 g/mol. The first-order valence-electron chi connectivity index (χ1n) is 6.62. The van der Waals surface area contributed by atoms with Crippen molar-refractivity contribution in [3.8, 4) is 0 Å².